The average Bonchev–Trinajstić information content (AvgIpc) is 3.25. The molecular formula is C26H30N5O7P. The Hall–Kier alpha value is -3.79. The van der Waals surface area contributed by atoms with Crippen LogP contribution in [0.25, 0.3) is 21.9 Å². The first-order valence-corrected chi connectivity index (χ1v) is 14.0. The minimum atomic E-state index is -4.93. The molecule has 4 aromatic rings. The molecule has 206 valence electrons. The number of benzene rings is 2. The van der Waals surface area contributed by atoms with Gasteiger partial charge in [-0.05, 0) is 30.5 Å². The van der Waals surface area contributed by atoms with E-state index in [0.29, 0.717) is 42.7 Å². The number of phosphoric ester groups is 1. The van der Waals surface area contributed by atoms with Crippen molar-refractivity contribution in [1.29, 1.82) is 0 Å². The van der Waals surface area contributed by atoms with Gasteiger partial charge in [0.15, 0.2) is 17.3 Å². The molecule has 12 nitrogen and oxygen atoms in total. The third kappa shape index (κ3) is 6.81. The molecule has 0 aliphatic carbocycles. The van der Waals surface area contributed by atoms with E-state index in [1.807, 2.05) is 22.8 Å². The van der Waals surface area contributed by atoms with Crippen LogP contribution in [0.3, 0.4) is 0 Å². The van der Waals surface area contributed by atoms with Gasteiger partial charge in [-0.3, -0.25) is 9.79 Å². The number of aromatic hydroxyl groups is 1. The summed E-state index contributed by atoms with van der Waals surface area (Å²) in [5, 5.41) is 11.1. The van der Waals surface area contributed by atoms with E-state index < -0.39 is 7.82 Å². The summed E-state index contributed by atoms with van der Waals surface area (Å²) in [6.45, 7) is 3.23. The van der Waals surface area contributed by atoms with E-state index in [1.165, 1.54) is 12.1 Å². The molecule has 0 spiro atoms. The minimum Gasteiger partial charge on any atom is -0.504 e. The lowest BCUT2D eigenvalue weighted by molar-refractivity contribution is 0.145. The van der Waals surface area contributed by atoms with E-state index in [-0.39, 0.29) is 30.4 Å². The molecule has 5 N–H and O–H groups in total. The third-order valence-electron chi connectivity index (χ3n) is 6.16. The number of isocyanates is 1. The van der Waals surface area contributed by atoms with Crippen molar-refractivity contribution in [3.05, 3.63) is 53.3 Å². The van der Waals surface area contributed by atoms with Gasteiger partial charge in [-0.1, -0.05) is 37.6 Å². The Morgan fingerprint density at radius 2 is 1.97 bits per heavy atom. The van der Waals surface area contributed by atoms with E-state index in [1.54, 1.807) is 12.1 Å². The molecule has 0 atom stereocenters. The first-order valence-electron chi connectivity index (χ1n) is 12.5. The molecule has 13 heteroatoms. The van der Waals surface area contributed by atoms with E-state index in [4.69, 9.17) is 20.0 Å². The van der Waals surface area contributed by atoms with Gasteiger partial charge in [-0.15, -0.1) is 0 Å². The van der Waals surface area contributed by atoms with Crippen LogP contribution in [0, 0.1) is 0 Å². The fraction of sp³-hybridized carbons (Fsp3) is 0.346. The van der Waals surface area contributed by atoms with Gasteiger partial charge >= 0.3 is 7.82 Å². The maximum absolute atomic E-state index is 11.6. The van der Waals surface area contributed by atoms with Gasteiger partial charge in [-0.2, -0.15) is 0 Å². The zero-order chi connectivity index (χ0) is 28.0. The number of phenols is 1. The maximum atomic E-state index is 11.6. The molecule has 0 aliphatic rings. The molecule has 0 bridgehead atoms. The molecule has 39 heavy (non-hydrogen) atoms. The summed E-state index contributed by atoms with van der Waals surface area (Å²) in [5.74, 6) is 0.318. The summed E-state index contributed by atoms with van der Waals surface area (Å²) >= 11 is 0. The second-order valence-electron chi connectivity index (χ2n) is 8.95. The number of nitrogens with zero attached hydrogens (tertiary/aromatic N) is 4. The van der Waals surface area contributed by atoms with Crippen LogP contribution in [0.2, 0.25) is 0 Å². The number of nitrogen functional groups attached to an aromatic ring is 1. The number of nitrogens with two attached hydrogens (primary N) is 1. The van der Waals surface area contributed by atoms with Crippen molar-refractivity contribution >= 4 is 41.7 Å². The number of hydrogen-bond acceptors (Lipinski definition) is 9. The van der Waals surface area contributed by atoms with Gasteiger partial charge in [0.2, 0.25) is 6.08 Å². The van der Waals surface area contributed by atoms with Gasteiger partial charge in [-0.25, -0.2) is 24.3 Å². The van der Waals surface area contributed by atoms with Crippen molar-refractivity contribution in [3.8, 4) is 11.5 Å². The Balaban J connectivity index is 1.77. The van der Waals surface area contributed by atoms with Crippen molar-refractivity contribution in [2.24, 2.45) is 4.99 Å². The highest BCUT2D eigenvalue weighted by Gasteiger charge is 2.24. The predicted molar refractivity (Wildman–Crippen MR) is 145 cm³/mol. The third-order valence-corrected chi connectivity index (χ3v) is 6.58. The number of aromatic nitrogens is 3. The molecule has 0 saturated carbocycles. The average molecular weight is 556 g/mol. The highest BCUT2D eigenvalue weighted by atomic mass is 31.2. The minimum absolute atomic E-state index is 0.122. The quantitative estimate of drug-likeness (QED) is 0.0822. The lowest BCUT2D eigenvalue weighted by atomic mass is 10.1. The molecule has 0 unspecified atom stereocenters. The van der Waals surface area contributed by atoms with E-state index in [2.05, 4.69) is 16.9 Å². The number of hydrogen-bond donors (Lipinski definition) is 4. The van der Waals surface area contributed by atoms with Crippen LogP contribution >= 0.6 is 7.82 Å². The number of aryl methyl sites for hydroxylation is 1. The zero-order valence-corrected chi connectivity index (χ0v) is 22.3. The van der Waals surface area contributed by atoms with Crippen LogP contribution in [0.5, 0.6) is 11.5 Å². The first kappa shape index (κ1) is 28.2. The van der Waals surface area contributed by atoms with Crippen LogP contribution in [0.4, 0.5) is 5.82 Å². The summed E-state index contributed by atoms with van der Waals surface area (Å²) < 4.78 is 23.9. The Morgan fingerprint density at radius 1 is 1.15 bits per heavy atom. The van der Waals surface area contributed by atoms with Crippen molar-refractivity contribution in [2.75, 3.05) is 25.5 Å². The van der Waals surface area contributed by atoms with Crippen molar-refractivity contribution in [2.45, 2.75) is 39.2 Å². The number of anilines is 1. The second-order valence-corrected chi connectivity index (χ2v) is 10.1. The molecule has 0 aliphatic heterocycles. The van der Waals surface area contributed by atoms with E-state index in [0.717, 1.165) is 35.1 Å². The lowest BCUT2D eigenvalue weighted by Crippen LogP contribution is -2.08. The van der Waals surface area contributed by atoms with Gasteiger partial charge in [0.25, 0.3) is 0 Å². The summed E-state index contributed by atoms with van der Waals surface area (Å²) in [6.07, 6.45) is 4.54. The van der Waals surface area contributed by atoms with Gasteiger partial charge in [0, 0.05) is 17.4 Å². The molecule has 0 saturated heterocycles. The smallest absolute Gasteiger partial charge is 0.504 e. The summed E-state index contributed by atoms with van der Waals surface area (Å²) in [6, 6.07) is 10.3. The molecular weight excluding hydrogens is 525 g/mol. The molecule has 4 rings (SSSR count). The normalized spacial score (nSPS) is 11.7. The Bertz CT molecular complexity index is 1580. The number of rotatable bonds is 13. The fourth-order valence-corrected chi connectivity index (χ4v) is 4.84. The van der Waals surface area contributed by atoms with Crippen molar-refractivity contribution < 1.29 is 33.5 Å². The van der Waals surface area contributed by atoms with Crippen LogP contribution in [0.1, 0.15) is 36.7 Å². The summed E-state index contributed by atoms with van der Waals surface area (Å²) in [5.41, 5.74) is 9.62. The number of pyridine rings is 1. The number of para-hydroxylation sites is 1. The lowest BCUT2D eigenvalue weighted by Gasteiger charge is -2.16. The van der Waals surface area contributed by atoms with E-state index in [9.17, 15) is 24.3 Å². The van der Waals surface area contributed by atoms with Crippen LogP contribution < -0.4 is 10.3 Å². The largest absolute Gasteiger partial charge is 0.524 e. The highest BCUT2D eigenvalue weighted by Crippen LogP contribution is 2.44. The number of carbonyl (C=O) groups excluding carboxylic acids is 1. The molecule has 2 aromatic heterocycles. The number of imidazole rings is 1. The number of unbranched alkanes of at least 4 members (excludes halogenated alkanes) is 1. The Morgan fingerprint density at radius 3 is 2.72 bits per heavy atom. The molecule has 2 heterocycles. The Labute approximate surface area is 224 Å². The maximum Gasteiger partial charge on any atom is 0.524 e. The topological polar surface area (TPSA) is 182 Å². The number of phenolic OH excluding ortho intramolecular Hbond substituents is 1. The monoisotopic (exact) mass is 555 g/mol. The van der Waals surface area contributed by atoms with Gasteiger partial charge in [0.05, 0.1) is 37.3 Å². The van der Waals surface area contributed by atoms with Gasteiger partial charge in [0.1, 0.15) is 11.3 Å². The number of phosphoric acid groups is 1. The SMILES string of the molecule is CCCCc1nc2c(N)nc3cc(CCOCCN=C=O)ccc3c2n1Cc1cccc(O)c1OP(=O)(O)O. The number of fused-ring (bicyclic) bond motifs is 3. The van der Waals surface area contributed by atoms with Crippen LogP contribution in [-0.2, 0) is 33.5 Å². The van der Waals surface area contributed by atoms with Crippen LogP contribution in [-0.4, -0.2) is 55.3 Å². The Kier molecular flexibility index (Phi) is 8.96. The fourth-order valence-electron chi connectivity index (χ4n) is 4.39. The van der Waals surface area contributed by atoms with Crippen molar-refractivity contribution in [1.82, 2.24) is 14.5 Å². The summed E-state index contributed by atoms with van der Waals surface area (Å²) in [4.78, 5) is 41.8. The van der Waals surface area contributed by atoms with Crippen molar-refractivity contribution in [3.63, 3.8) is 0 Å². The summed E-state index contributed by atoms with van der Waals surface area (Å²) in [7, 11) is -4.93. The molecule has 0 radical (unpaired) electrons. The molecule has 0 fully saturated rings. The van der Waals surface area contributed by atoms with Crippen LogP contribution in [0.15, 0.2) is 41.4 Å². The highest BCUT2D eigenvalue weighted by molar-refractivity contribution is 7.46. The number of aliphatic imine (C=N–C) groups is 1. The zero-order valence-electron chi connectivity index (χ0n) is 21.4. The standard InChI is InChI=1S/C26H30N5O7P/c1-2-3-7-22-30-23-24(31(22)15-18-5-4-6-21(33)25(18)38-39(34,35)36)19-9-8-17(14-20(19)29-26(23)27)10-12-37-13-11-28-16-32/h4-6,8-9,14,33H,2-3,7,10-13,15H2,1H3,(H2,27,29)(H2,34,35,36). The molecule has 2 aromatic carbocycles. The molecule has 0 amide bonds. The second kappa shape index (κ2) is 12.4. The van der Waals surface area contributed by atoms with E-state index >= 15 is 0 Å². The predicted octanol–water partition coefficient (Wildman–Crippen LogP) is 3.63. The first-order chi connectivity index (χ1) is 18.7. The van der Waals surface area contributed by atoms with Gasteiger partial charge < -0.3 is 24.7 Å². The number of ether oxygens (including phenoxy) is 1.